The van der Waals surface area contributed by atoms with Crippen LogP contribution in [0.4, 0.5) is 5.69 Å². The van der Waals surface area contributed by atoms with E-state index in [0.717, 1.165) is 15.0 Å². The summed E-state index contributed by atoms with van der Waals surface area (Å²) in [5.74, 6) is 1.54. The largest absolute Gasteiger partial charge is 0.439 e. The molecule has 7 nitrogen and oxygen atoms in total. The molecular weight excluding hydrogens is 493 g/mol. The minimum absolute atomic E-state index is 0.161. The monoisotopic (exact) mass is 511 g/mol. The molecule has 30 heavy (non-hydrogen) atoms. The van der Waals surface area contributed by atoms with Gasteiger partial charge < -0.3 is 10.1 Å². The highest BCUT2D eigenvalue weighted by Gasteiger charge is 2.09. The first-order chi connectivity index (χ1) is 14.5. The van der Waals surface area contributed by atoms with E-state index in [-0.39, 0.29) is 5.91 Å². The topological polar surface area (TPSA) is 81.9 Å². The molecule has 0 aliphatic rings. The number of imidazole rings is 1. The van der Waals surface area contributed by atoms with Crippen molar-refractivity contribution in [1.29, 1.82) is 0 Å². The Bertz CT molecular complexity index is 1190. The molecule has 2 aromatic carbocycles. The summed E-state index contributed by atoms with van der Waals surface area (Å²) in [7, 11) is 0. The summed E-state index contributed by atoms with van der Waals surface area (Å²) in [5.41, 5.74) is 3.24. The Labute approximate surface area is 187 Å². The quantitative estimate of drug-likeness (QED) is 0.385. The zero-order valence-electron chi connectivity index (χ0n) is 16.3. The van der Waals surface area contributed by atoms with Crippen molar-refractivity contribution in [2.24, 2.45) is 0 Å². The molecule has 1 N–H and O–H groups in total. The number of nitrogens with one attached hydrogen (secondary N) is 1. The van der Waals surface area contributed by atoms with Crippen molar-refractivity contribution in [2.75, 3.05) is 5.32 Å². The number of anilines is 1. The molecule has 1 amide bonds. The lowest BCUT2D eigenvalue weighted by molar-refractivity contribution is 0.102. The Balaban J connectivity index is 1.45. The van der Waals surface area contributed by atoms with Gasteiger partial charge in [-0.1, -0.05) is 0 Å². The number of ether oxygens (including phenoxy) is 1. The second kappa shape index (κ2) is 8.62. The van der Waals surface area contributed by atoms with E-state index in [4.69, 9.17) is 4.74 Å². The van der Waals surface area contributed by atoms with Gasteiger partial charge in [0.15, 0.2) is 0 Å². The van der Waals surface area contributed by atoms with Gasteiger partial charge in [0.2, 0.25) is 5.88 Å². The normalized spacial score (nSPS) is 10.6. The minimum Gasteiger partial charge on any atom is -0.439 e. The average Bonchev–Trinajstić information content (AvgIpc) is 3.08. The van der Waals surface area contributed by atoms with Crippen molar-refractivity contribution < 1.29 is 9.53 Å². The van der Waals surface area contributed by atoms with Gasteiger partial charge in [-0.15, -0.1) is 0 Å². The number of benzene rings is 2. The SMILES string of the molecule is Cc1ncn(-c2cc(Oc3ccc(NC(=O)c4ccc(I)cc4)cc3)ncn2)c1C. The molecule has 0 spiro atoms. The van der Waals surface area contributed by atoms with Crippen LogP contribution in [0.5, 0.6) is 11.6 Å². The van der Waals surface area contributed by atoms with Crippen molar-refractivity contribution >= 4 is 34.2 Å². The van der Waals surface area contributed by atoms with Crippen LogP contribution in [0.1, 0.15) is 21.7 Å². The van der Waals surface area contributed by atoms with E-state index >= 15 is 0 Å². The highest BCUT2D eigenvalue weighted by Crippen LogP contribution is 2.23. The highest BCUT2D eigenvalue weighted by molar-refractivity contribution is 14.1. The number of nitrogens with zero attached hydrogens (tertiary/aromatic N) is 4. The number of halogens is 1. The van der Waals surface area contributed by atoms with Crippen LogP contribution in [0.25, 0.3) is 5.82 Å². The van der Waals surface area contributed by atoms with Crippen LogP contribution in [-0.2, 0) is 0 Å². The smallest absolute Gasteiger partial charge is 0.255 e. The molecule has 0 aliphatic carbocycles. The predicted octanol–water partition coefficient (Wildman–Crippen LogP) is 4.93. The van der Waals surface area contributed by atoms with Crippen molar-refractivity contribution in [1.82, 2.24) is 19.5 Å². The Hall–Kier alpha value is -3.27. The maximum absolute atomic E-state index is 12.3. The third kappa shape index (κ3) is 4.48. The van der Waals surface area contributed by atoms with E-state index in [0.29, 0.717) is 28.7 Å². The van der Waals surface area contributed by atoms with E-state index in [1.165, 1.54) is 6.33 Å². The summed E-state index contributed by atoms with van der Waals surface area (Å²) in [4.78, 5) is 25.1. The molecule has 2 aromatic heterocycles. The molecule has 4 rings (SSSR count). The van der Waals surface area contributed by atoms with Gasteiger partial charge in [-0.3, -0.25) is 9.36 Å². The molecule has 4 aromatic rings. The van der Waals surface area contributed by atoms with Crippen molar-refractivity contribution in [3.8, 4) is 17.4 Å². The summed E-state index contributed by atoms with van der Waals surface area (Å²) >= 11 is 2.20. The van der Waals surface area contributed by atoms with Gasteiger partial charge in [0.05, 0.1) is 5.69 Å². The van der Waals surface area contributed by atoms with E-state index in [2.05, 4.69) is 42.9 Å². The summed E-state index contributed by atoms with van der Waals surface area (Å²) in [5, 5.41) is 2.88. The third-order valence-electron chi connectivity index (χ3n) is 4.57. The van der Waals surface area contributed by atoms with Crippen LogP contribution in [-0.4, -0.2) is 25.4 Å². The number of carbonyl (C=O) groups is 1. The number of carbonyl (C=O) groups excluding carboxylic acids is 1. The standard InChI is InChI=1S/C22H18IN5O2/c1-14-15(2)28(13-26-14)20-11-21(25-12-24-20)30-19-9-7-18(8-10-19)27-22(29)16-3-5-17(23)6-4-16/h3-13H,1-2H3,(H,27,29). The average molecular weight is 511 g/mol. The van der Waals surface area contributed by atoms with E-state index in [1.807, 2.05) is 30.5 Å². The van der Waals surface area contributed by atoms with Gasteiger partial charge in [-0.2, -0.15) is 0 Å². The van der Waals surface area contributed by atoms with Crippen molar-refractivity contribution in [3.05, 3.63) is 87.8 Å². The van der Waals surface area contributed by atoms with Crippen LogP contribution >= 0.6 is 22.6 Å². The molecule has 0 saturated carbocycles. The zero-order valence-corrected chi connectivity index (χ0v) is 18.5. The molecule has 0 atom stereocenters. The van der Waals surface area contributed by atoms with Gasteiger partial charge in [0.25, 0.3) is 5.91 Å². The molecule has 0 unspecified atom stereocenters. The van der Waals surface area contributed by atoms with Crippen molar-refractivity contribution in [2.45, 2.75) is 13.8 Å². The van der Waals surface area contributed by atoms with Crippen LogP contribution in [0.2, 0.25) is 0 Å². The molecule has 0 saturated heterocycles. The zero-order chi connectivity index (χ0) is 21.1. The lowest BCUT2D eigenvalue weighted by atomic mass is 10.2. The Kier molecular flexibility index (Phi) is 5.75. The number of hydrogen-bond acceptors (Lipinski definition) is 5. The lowest BCUT2D eigenvalue weighted by Crippen LogP contribution is -2.11. The van der Waals surface area contributed by atoms with Crippen LogP contribution in [0.3, 0.4) is 0 Å². The van der Waals surface area contributed by atoms with E-state index < -0.39 is 0 Å². The minimum atomic E-state index is -0.161. The van der Waals surface area contributed by atoms with Crippen LogP contribution in [0, 0.1) is 17.4 Å². The number of rotatable bonds is 5. The molecular formula is C22H18IN5O2. The fraction of sp³-hybridized carbons (Fsp3) is 0.0909. The fourth-order valence-corrected chi connectivity index (χ4v) is 3.14. The van der Waals surface area contributed by atoms with Crippen molar-refractivity contribution in [3.63, 3.8) is 0 Å². The van der Waals surface area contributed by atoms with Gasteiger partial charge in [-0.25, -0.2) is 15.0 Å². The van der Waals surface area contributed by atoms with Crippen LogP contribution < -0.4 is 10.1 Å². The number of amides is 1. The fourth-order valence-electron chi connectivity index (χ4n) is 2.78. The maximum atomic E-state index is 12.3. The Morgan fingerprint density at radius 3 is 2.40 bits per heavy atom. The summed E-state index contributed by atoms with van der Waals surface area (Å²) in [6, 6.07) is 16.3. The molecule has 150 valence electrons. The maximum Gasteiger partial charge on any atom is 0.255 e. The Morgan fingerprint density at radius 2 is 1.73 bits per heavy atom. The number of aryl methyl sites for hydroxylation is 1. The highest BCUT2D eigenvalue weighted by atomic mass is 127. The summed E-state index contributed by atoms with van der Waals surface area (Å²) in [6.07, 6.45) is 3.18. The molecule has 0 bridgehead atoms. The number of aromatic nitrogens is 4. The second-order valence-corrected chi connectivity index (χ2v) is 7.83. The first-order valence-electron chi connectivity index (χ1n) is 9.17. The Morgan fingerprint density at radius 1 is 1.00 bits per heavy atom. The molecule has 0 fully saturated rings. The van der Waals surface area contributed by atoms with Gasteiger partial charge in [-0.05, 0) is 85.0 Å². The number of hydrogen-bond donors (Lipinski definition) is 1. The summed E-state index contributed by atoms with van der Waals surface area (Å²) in [6.45, 7) is 3.93. The summed E-state index contributed by atoms with van der Waals surface area (Å²) < 4.78 is 8.81. The van der Waals surface area contributed by atoms with Crippen LogP contribution in [0.15, 0.2) is 67.3 Å². The van der Waals surface area contributed by atoms with Gasteiger partial charge in [0, 0.05) is 26.6 Å². The molecule has 8 heteroatoms. The molecule has 0 radical (unpaired) electrons. The molecule has 2 heterocycles. The molecule has 0 aliphatic heterocycles. The van der Waals surface area contributed by atoms with Gasteiger partial charge >= 0.3 is 0 Å². The first kappa shape index (κ1) is 20.0. The van der Waals surface area contributed by atoms with Gasteiger partial charge in [0.1, 0.15) is 24.2 Å². The second-order valence-electron chi connectivity index (χ2n) is 6.59. The van der Waals surface area contributed by atoms with E-state index in [9.17, 15) is 4.79 Å². The first-order valence-corrected chi connectivity index (χ1v) is 10.3. The third-order valence-corrected chi connectivity index (χ3v) is 5.29. The van der Waals surface area contributed by atoms with E-state index in [1.54, 1.807) is 48.8 Å². The lowest BCUT2D eigenvalue weighted by Gasteiger charge is -2.09. The predicted molar refractivity (Wildman–Crippen MR) is 122 cm³/mol.